The first kappa shape index (κ1) is 16.8. The van der Waals surface area contributed by atoms with Crippen LogP contribution in [0.3, 0.4) is 0 Å². The molecule has 2 nitrogen and oxygen atoms in total. The summed E-state index contributed by atoms with van der Waals surface area (Å²) >= 11 is 0. The van der Waals surface area contributed by atoms with Crippen LogP contribution in [0, 0.1) is 0 Å². The predicted molar refractivity (Wildman–Crippen MR) is 109 cm³/mol. The van der Waals surface area contributed by atoms with Gasteiger partial charge in [-0.15, -0.1) is 0 Å². The molecule has 2 aliphatic carbocycles. The van der Waals surface area contributed by atoms with Gasteiger partial charge in [0.05, 0.1) is 0 Å². The molecule has 132 valence electrons. The van der Waals surface area contributed by atoms with E-state index in [4.69, 9.17) is 0 Å². The molecule has 0 bridgehead atoms. The standard InChI is InChI=1S/C24H25NO/c1-3-5-6-14-25-16-8-9-18-17(7-4-2)20-11-10-19-21(12-13-23(19)26)24(20)22(18)15-16/h3,5-6,8-11,14-15,17,25H,4,7,12-13H2,1-2H3/b5-3-,14-6-. The molecular weight excluding hydrogens is 318 g/mol. The summed E-state index contributed by atoms with van der Waals surface area (Å²) in [6, 6.07) is 11.0. The molecule has 1 N–H and O–H groups in total. The van der Waals surface area contributed by atoms with Crippen molar-refractivity contribution >= 4 is 11.5 Å². The van der Waals surface area contributed by atoms with Gasteiger partial charge in [-0.05, 0) is 65.8 Å². The minimum atomic E-state index is 0.298. The minimum absolute atomic E-state index is 0.298. The molecule has 2 aromatic rings. The summed E-state index contributed by atoms with van der Waals surface area (Å²) in [6.07, 6.45) is 11.8. The lowest BCUT2D eigenvalue weighted by molar-refractivity contribution is 0.0994. The van der Waals surface area contributed by atoms with Gasteiger partial charge in [-0.25, -0.2) is 0 Å². The topological polar surface area (TPSA) is 29.1 Å². The van der Waals surface area contributed by atoms with Gasteiger partial charge in [0.2, 0.25) is 0 Å². The Balaban J connectivity index is 1.81. The number of carbonyl (C=O) groups excluding carboxylic acids is 1. The molecule has 0 fully saturated rings. The first-order chi connectivity index (χ1) is 12.7. The Morgan fingerprint density at radius 1 is 1.08 bits per heavy atom. The molecule has 2 heteroatoms. The zero-order valence-corrected chi connectivity index (χ0v) is 15.5. The van der Waals surface area contributed by atoms with Gasteiger partial charge in [0.15, 0.2) is 5.78 Å². The van der Waals surface area contributed by atoms with Crippen molar-refractivity contribution in [2.45, 2.75) is 45.4 Å². The number of hydrogen-bond donors (Lipinski definition) is 1. The monoisotopic (exact) mass is 343 g/mol. The van der Waals surface area contributed by atoms with E-state index >= 15 is 0 Å². The fourth-order valence-corrected chi connectivity index (χ4v) is 4.41. The van der Waals surface area contributed by atoms with Crippen molar-refractivity contribution in [3.8, 4) is 11.1 Å². The molecule has 0 amide bonds. The summed E-state index contributed by atoms with van der Waals surface area (Å²) < 4.78 is 0. The second kappa shape index (κ2) is 6.95. The third kappa shape index (κ3) is 2.70. The van der Waals surface area contributed by atoms with Gasteiger partial charge in [0.25, 0.3) is 0 Å². The zero-order valence-electron chi connectivity index (χ0n) is 15.5. The second-order valence-corrected chi connectivity index (χ2v) is 7.15. The Hall–Kier alpha value is -2.61. The summed E-state index contributed by atoms with van der Waals surface area (Å²) in [4.78, 5) is 12.2. The lowest BCUT2D eigenvalue weighted by atomic mass is 9.91. The first-order valence-corrected chi connectivity index (χ1v) is 9.62. The van der Waals surface area contributed by atoms with Crippen LogP contribution in [0.25, 0.3) is 11.1 Å². The van der Waals surface area contributed by atoms with E-state index in [1.54, 1.807) is 0 Å². The first-order valence-electron chi connectivity index (χ1n) is 9.62. The Kier molecular flexibility index (Phi) is 4.50. The minimum Gasteiger partial charge on any atom is -0.362 e. The number of rotatable bonds is 5. The fraction of sp³-hybridized carbons (Fsp3) is 0.292. The molecule has 2 aliphatic rings. The molecule has 0 heterocycles. The fourth-order valence-electron chi connectivity index (χ4n) is 4.41. The number of benzene rings is 2. The summed E-state index contributed by atoms with van der Waals surface area (Å²) in [5.74, 6) is 0.755. The van der Waals surface area contributed by atoms with Crippen LogP contribution in [0.15, 0.2) is 54.8 Å². The highest BCUT2D eigenvalue weighted by molar-refractivity contribution is 6.03. The number of Topliss-reactive ketones (excluding diaryl/α,β-unsaturated/α-hetero) is 1. The summed E-state index contributed by atoms with van der Waals surface area (Å²) in [5.41, 5.74) is 8.79. The Morgan fingerprint density at radius 2 is 1.92 bits per heavy atom. The van der Waals surface area contributed by atoms with Crippen molar-refractivity contribution in [3.63, 3.8) is 0 Å². The molecule has 0 aromatic heterocycles. The van der Waals surface area contributed by atoms with Crippen molar-refractivity contribution in [3.05, 3.63) is 77.0 Å². The van der Waals surface area contributed by atoms with Gasteiger partial charge in [0, 0.05) is 29.8 Å². The second-order valence-electron chi connectivity index (χ2n) is 7.15. The van der Waals surface area contributed by atoms with E-state index in [2.05, 4.69) is 42.6 Å². The molecule has 0 saturated heterocycles. The SMILES string of the molecule is C/C=C\C=C/Nc1ccc2c(c1)-c1c(ccc3c1CCC3=O)C2CCC. The molecule has 4 rings (SSSR count). The van der Waals surface area contributed by atoms with E-state index in [-0.39, 0.29) is 0 Å². The van der Waals surface area contributed by atoms with Crippen molar-refractivity contribution in [1.82, 2.24) is 0 Å². The van der Waals surface area contributed by atoms with Crippen LogP contribution >= 0.6 is 0 Å². The van der Waals surface area contributed by atoms with Crippen LogP contribution < -0.4 is 5.32 Å². The lowest BCUT2D eigenvalue weighted by Crippen LogP contribution is -1.98. The van der Waals surface area contributed by atoms with Gasteiger partial charge in [-0.3, -0.25) is 4.79 Å². The van der Waals surface area contributed by atoms with E-state index in [1.165, 1.54) is 27.8 Å². The average Bonchev–Trinajstić information content (AvgIpc) is 3.18. The van der Waals surface area contributed by atoms with Gasteiger partial charge >= 0.3 is 0 Å². The summed E-state index contributed by atoms with van der Waals surface area (Å²) in [6.45, 7) is 4.25. The molecule has 0 radical (unpaired) electrons. The Labute approximate surface area is 155 Å². The van der Waals surface area contributed by atoms with Crippen LogP contribution in [0.1, 0.15) is 66.1 Å². The largest absolute Gasteiger partial charge is 0.362 e. The molecular formula is C24H25NO. The predicted octanol–water partition coefficient (Wildman–Crippen LogP) is 6.23. The molecule has 1 atom stereocenters. The van der Waals surface area contributed by atoms with Crippen LogP contribution in [-0.4, -0.2) is 5.78 Å². The highest BCUT2D eigenvalue weighted by Gasteiger charge is 2.34. The van der Waals surface area contributed by atoms with E-state index in [9.17, 15) is 4.79 Å². The summed E-state index contributed by atoms with van der Waals surface area (Å²) in [7, 11) is 0. The normalized spacial score (nSPS) is 17.8. The van der Waals surface area contributed by atoms with Crippen LogP contribution in [0.2, 0.25) is 0 Å². The lowest BCUT2D eigenvalue weighted by Gasteiger charge is -2.13. The maximum absolute atomic E-state index is 12.2. The van der Waals surface area contributed by atoms with Gasteiger partial charge in [-0.2, -0.15) is 0 Å². The highest BCUT2D eigenvalue weighted by atomic mass is 16.1. The number of hydrogen-bond acceptors (Lipinski definition) is 2. The van der Waals surface area contributed by atoms with E-state index in [0.29, 0.717) is 18.1 Å². The smallest absolute Gasteiger partial charge is 0.163 e. The number of fused-ring (bicyclic) bond motifs is 5. The maximum Gasteiger partial charge on any atom is 0.163 e. The van der Waals surface area contributed by atoms with E-state index in [1.807, 2.05) is 31.4 Å². The summed E-state index contributed by atoms with van der Waals surface area (Å²) in [5, 5.41) is 3.36. The third-order valence-corrected chi connectivity index (χ3v) is 5.55. The quantitative estimate of drug-likeness (QED) is 0.652. The van der Waals surface area contributed by atoms with Crippen LogP contribution in [0.5, 0.6) is 0 Å². The van der Waals surface area contributed by atoms with Gasteiger partial charge in [0.1, 0.15) is 0 Å². The van der Waals surface area contributed by atoms with E-state index < -0.39 is 0 Å². The maximum atomic E-state index is 12.2. The number of nitrogens with one attached hydrogen (secondary N) is 1. The van der Waals surface area contributed by atoms with Gasteiger partial charge in [-0.1, -0.05) is 43.7 Å². The number of anilines is 1. The Bertz CT molecular complexity index is 920. The molecule has 26 heavy (non-hydrogen) atoms. The van der Waals surface area contributed by atoms with E-state index in [0.717, 1.165) is 30.5 Å². The third-order valence-electron chi connectivity index (χ3n) is 5.55. The van der Waals surface area contributed by atoms with Crippen LogP contribution in [0.4, 0.5) is 5.69 Å². The molecule has 0 saturated carbocycles. The van der Waals surface area contributed by atoms with Crippen molar-refractivity contribution in [2.24, 2.45) is 0 Å². The van der Waals surface area contributed by atoms with Gasteiger partial charge < -0.3 is 5.32 Å². The average molecular weight is 343 g/mol. The Morgan fingerprint density at radius 3 is 2.73 bits per heavy atom. The number of ketones is 1. The number of carbonyl (C=O) groups is 1. The molecule has 0 spiro atoms. The van der Waals surface area contributed by atoms with Crippen molar-refractivity contribution < 1.29 is 4.79 Å². The molecule has 1 unspecified atom stereocenters. The van der Waals surface area contributed by atoms with Crippen molar-refractivity contribution in [1.29, 1.82) is 0 Å². The van der Waals surface area contributed by atoms with Crippen LogP contribution in [-0.2, 0) is 6.42 Å². The molecule has 0 aliphatic heterocycles. The number of allylic oxidation sites excluding steroid dienone is 3. The molecule has 2 aromatic carbocycles. The van der Waals surface area contributed by atoms with Crippen molar-refractivity contribution in [2.75, 3.05) is 5.32 Å². The zero-order chi connectivity index (χ0) is 18.1. The highest BCUT2D eigenvalue weighted by Crippen LogP contribution is 2.51.